The maximum atomic E-state index is 12.5. The Kier molecular flexibility index (Phi) is 3.69. The fraction of sp³-hybridized carbons (Fsp3) is 0.333. The van der Waals surface area contributed by atoms with Gasteiger partial charge in [0.15, 0.2) is 0 Å². The monoisotopic (exact) mass is 231 g/mol. The molecule has 1 nitrogen and oxygen atoms in total. The predicted octanol–water partition coefficient (Wildman–Crippen LogP) is 2.26. The van der Waals surface area contributed by atoms with Gasteiger partial charge in [0.25, 0.3) is 0 Å². The van der Waals surface area contributed by atoms with Gasteiger partial charge in [0, 0.05) is 11.2 Å². The molecule has 0 heterocycles. The largest absolute Gasteiger partial charge is 0.330 e. The molecule has 1 rings (SSSR count). The summed E-state index contributed by atoms with van der Waals surface area (Å²) in [6.07, 6.45) is 0. The molecule has 1 unspecified atom stereocenters. The third kappa shape index (κ3) is 2.29. The molecule has 0 saturated heterocycles. The van der Waals surface area contributed by atoms with E-state index >= 15 is 0 Å². The van der Waals surface area contributed by atoms with E-state index in [0.29, 0.717) is 6.54 Å². The third-order valence-electron chi connectivity index (χ3n) is 1.81. The zero-order valence-corrected chi connectivity index (χ0v) is 8.22. The minimum Gasteiger partial charge on any atom is -0.330 e. The maximum Gasteiger partial charge on any atom is 0.123 e. The molecule has 0 saturated carbocycles. The summed E-state index contributed by atoms with van der Waals surface area (Å²) in [7, 11) is 0. The second-order valence-corrected chi connectivity index (χ2v) is 3.29. The lowest BCUT2D eigenvalue weighted by molar-refractivity contribution is 0.626. The zero-order valence-electron chi connectivity index (χ0n) is 6.63. The van der Waals surface area contributed by atoms with Crippen LogP contribution in [-0.4, -0.2) is 11.9 Å². The van der Waals surface area contributed by atoms with Gasteiger partial charge in [-0.15, -0.1) is 0 Å². The first-order chi connectivity index (χ1) is 5.77. The number of benzene rings is 1. The number of nitrogens with two attached hydrogens (primary N) is 1. The molecule has 0 bridgehead atoms. The van der Waals surface area contributed by atoms with Gasteiger partial charge in [0.2, 0.25) is 0 Å². The van der Waals surface area contributed by atoms with E-state index in [1.54, 1.807) is 12.1 Å². The van der Waals surface area contributed by atoms with Gasteiger partial charge in [0.05, 0.1) is 0 Å². The minimum atomic E-state index is -0.205. The van der Waals surface area contributed by atoms with Gasteiger partial charge in [-0.25, -0.2) is 4.39 Å². The summed E-state index contributed by atoms with van der Waals surface area (Å²) in [5, 5.41) is 0.815. The van der Waals surface area contributed by atoms with Crippen LogP contribution >= 0.6 is 15.9 Å². The van der Waals surface area contributed by atoms with Gasteiger partial charge >= 0.3 is 0 Å². The Morgan fingerprint density at radius 3 is 2.33 bits per heavy atom. The number of hydrogen-bond donors (Lipinski definition) is 1. The lowest BCUT2D eigenvalue weighted by Crippen LogP contribution is -2.13. The van der Waals surface area contributed by atoms with Crippen molar-refractivity contribution < 1.29 is 4.39 Å². The van der Waals surface area contributed by atoms with Crippen LogP contribution < -0.4 is 5.73 Å². The molecule has 1 atom stereocenters. The van der Waals surface area contributed by atoms with Crippen molar-refractivity contribution in [3.05, 3.63) is 35.6 Å². The summed E-state index contributed by atoms with van der Waals surface area (Å²) >= 11 is 3.36. The van der Waals surface area contributed by atoms with Crippen molar-refractivity contribution in [2.24, 2.45) is 5.73 Å². The first kappa shape index (κ1) is 9.68. The van der Waals surface area contributed by atoms with Crippen LogP contribution in [0.15, 0.2) is 24.3 Å². The van der Waals surface area contributed by atoms with Gasteiger partial charge in [-0.2, -0.15) is 0 Å². The SMILES string of the molecule is NCC(CBr)c1ccc(F)cc1. The lowest BCUT2D eigenvalue weighted by Gasteiger charge is -2.10. The maximum absolute atomic E-state index is 12.5. The molecule has 0 radical (unpaired) electrons. The van der Waals surface area contributed by atoms with Crippen LogP contribution in [0.2, 0.25) is 0 Å². The van der Waals surface area contributed by atoms with Crippen LogP contribution in [0.3, 0.4) is 0 Å². The number of rotatable bonds is 3. The van der Waals surface area contributed by atoms with Gasteiger partial charge < -0.3 is 5.73 Å². The lowest BCUT2D eigenvalue weighted by atomic mass is 10.0. The Labute approximate surface area is 79.9 Å². The molecule has 0 fully saturated rings. The molecule has 66 valence electrons. The first-order valence-electron chi connectivity index (χ1n) is 3.79. The van der Waals surface area contributed by atoms with Crippen LogP contribution in [0.25, 0.3) is 0 Å². The molecule has 12 heavy (non-hydrogen) atoms. The molecular weight excluding hydrogens is 221 g/mol. The minimum absolute atomic E-state index is 0.205. The number of halogens is 2. The van der Waals surface area contributed by atoms with Gasteiger partial charge in [0.1, 0.15) is 5.82 Å². The van der Waals surface area contributed by atoms with Gasteiger partial charge in [-0.3, -0.25) is 0 Å². The second kappa shape index (κ2) is 4.58. The third-order valence-corrected chi connectivity index (χ3v) is 2.59. The van der Waals surface area contributed by atoms with Crippen molar-refractivity contribution in [2.75, 3.05) is 11.9 Å². The predicted molar refractivity (Wildman–Crippen MR) is 52.0 cm³/mol. The Hall–Kier alpha value is -0.410. The molecule has 0 aliphatic heterocycles. The highest BCUT2D eigenvalue weighted by Gasteiger charge is 2.06. The van der Waals surface area contributed by atoms with E-state index < -0.39 is 0 Å². The molecule has 2 N–H and O–H groups in total. The van der Waals surface area contributed by atoms with Crippen molar-refractivity contribution >= 4 is 15.9 Å². The molecule has 3 heteroatoms. The summed E-state index contributed by atoms with van der Waals surface area (Å²) in [5.74, 6) is 0.0784. The van der Waals surface area contributed by atoms with E-state index in [0.717, 1.165) is 10.9 Å². The Balaban J connectivity index is 2.80. The molecule has 0 aromatic heterocycles. The molecule has 0 aliphatic carbocycles. The van der Waals surface area contributed by atoms with Gasteiger partial charge in [-0.1, -0.05) is 28.1 Å². The highest BCUT2D eigenvalue weighted by Crippen LogP contribution is 2.16. The highest BCUT2D eigenvalue weighted by molar-refractivity contribution is 9.09. The van der Waals surface area contributed by atoms with Crippen LogP contribution in [0.4, 0.5) is 4.39 Å². The zero-order chi connectivity index (χ0) is 8.97. The average Bonchev–Trinajstić information content (AvgIpc) is 2.10. The van der Waals surface area contributed by atoms with E-state index in [1.165, 1.54) is 12.1 Å². The van der Waals surface area contributed by atoms with E-state index in [1.807, 2.05) is 0 Å². The normalized spacial score (nSPS) is 12.9. The molecule has 0 spiro atoms. The van der Waals surface area contributed by atoms with Crippen molar-refractivity contribution in [3.63, 3.8) is 0 Å². The quantitative estimate of drug-likeness (QED) is 0.795. The van der Waals surface area contributed by atoms with Crippen LogP contribution in [0.1, 0.15) is 11.5 Å². The van der Waals surface area contributed by atoms with Crippen LogP contribution in [-0.2, 0) is 0 Å². The summed E-state index contributed by atoms with van der Waals surface area (Å²) in [5.41, 5.74) is 6.61. The van der Waals surface area contributed by atoms with Crippen molar-refractivity contribution in [2.45, 2.75) is 5.92 Å². The molecule has 1 aromatic rings. The second-order valence-electron chi connectivity index (χ2n) is 2.64. The Bertz CT molecular complexity index is 231. The Morgan fingerprint density at radius 2 is 1.92 bits per heavy atom. The highest BCUT2D eigenvalue weighted by atomic mass is 79.9. The van der Waals surface area contributed by atoms with Crippen molar-refractivity contribution in [1.29, 1.82) is 0 Å². The molecular formula is C9H11BrFN. The van der Waals surface area contributed by atoms with Crippen molar-refractivity contribution in [1.82, 2.24) is 0 Å². The topological polar surface area (TPSA) is 26.0 Å². The Morgan fingerprint density at radius 1 is 1.33 bits per heavy atom. The van der Waals surface area contributed by atoms with Gasteiger partial charge in [-0.05, 0) is 24.2 Å². The number of hydrogen-bond acceptors (Lipinski definition) is 1. The smallest absolute Gasteiger partial charge is 0.123 e. The fourth-order valence-electron chi connectivity index (χ4n) is 1.02. The molecule has 0 aliphatic rings. The standard InChI is InChI=1S/C9H11BrFN/c10-5-8(6-12)7-1-3-9(11)4-2-7/h1-4,8H,5-6,12H2. The van der Waals surface area contributed by atoms with Crippen LogP contribution in [0.5, 0.6) is 0 Å². The summed E-state index contributed by atoms with van der Waals surface area (Å²) in [6.45, 7) is 0.580. The number of alkyl halides is 1. The van der Waals surface area contributed by atoms with E-state index in [2.05, 4.69) is 15.9 Å². The van der Waals surface area contributed by atoms with Crippen molar-refractivity contribution in [3.8, 4) is 0 Å². The van der Waals surface area contributed by atoms with E-state index in [4.69, 9.17) is 5.73 Å². The summed E-state index contributed by atoms with van der Waals surface area (Å²) in [6, 6.07) is 6.46. The average molecular weight is 232 g/mol. The van der Waals surface area contributed by atoms with E-state index in [9.17, 15) is 4.39 Å². The fourth-order valence-corrected chi connectivity index (χ4v) is 1.66. The van der Waals surface area contributed by atoms with E-state index in [-0.39, 0.29) is 11.7 Å². The summed E-state index contributed by atoms with van der Waals surface area (Å²) < 4.78 is 12.5. The molecule has 0 amide bonds. The van der Waals surface area contributed by atoms with Crippen LogP contribution in [0, 0.1) is 5.82 Å². The molecule has 1 aromatic carbocycles. The summed E-state index contributed by atoms with van der Waals surface area (Å²) in [4.78, 5) is 0. The first-order valence-corrected chi connectivity index (χ1v) is 4.91.